The topological polar surface area (TPSA) is 23.6 Å². The SMILES string of the molecule is O=C(c1ccc(CN2CCCC2)cc1)N1c2ccccc2CCc2ccccc21. The number of likely N-dealkylation sites (tertiary alicyclic amines) is 1. The van der Waals surface area contributed by atoms with Crippen LogP contribution in [0.3, 0.4) is 0 Å². The van der Waals surface area contributed by atoms with Gasteiger partial charge >= 0.3 is 0 Å². The summed E-state index contributed by atoms with van der Waals surface area (Å²) < 4.78 is 0. The van der Waals surface area contributed by atoms with Crippen LogP contribution in [0.15, 0.2) is 72.8 Å². The summed E-state index contributed by atoms with van der Waals surface area (Å²) in [4.78, 5) is 18.0. The highest BCUT2D eigenvalue weighted by Gasteiger charge is 2.26. The molecule has 2 heterocycles. The quantitative estimate of drug-likeness (QED) is 0.609. The fraction of sp³-hybridized carbons (Fsp3) is 0.269. The Morgan fingerprint density at radius 1 is 0.724 bits per heavy atom. The van der Waals surface area contributed by atoms with Gasteiger partial charge in [0.15, 0.2) is 0 Å². The highest BCUT2D eigenvalue weighted by atomic mass is 16.2. The second-order valence-electron chi connectivity index (χ2n) is 8.08. The number of anilines is 2. The molecule has 0 saturated carbocycles. The van der Waals surface area contributed by atoms with Gasteiger partial charge in [-0.3, -0.25) is 14.6 Å². The van der Waals surface area contributed by atoms with E-state index >= 15 is 0 Å². The van der Waals surface area contributed by atoms with Crippen LogP contribution < -0.4 is 4.90 Å². The molecule has 0 aromatic heterocycles. The zero-order valence-electron chi connectivity index (χ0n) is 16.7. The third-order valence-electron chi connectivity index (χ3n) is 6.14. The van der Waals surface area contributed by atoms with Gasteiger partial charge in [-0.25, -0.2) is 0 Å². The number of hydrogen-bond donors (Lipinski definition) is 0. The standard InChI is InChI=1S/C26H26N2O/c29-26(23-13-11-20(12-14-23)19-27-17-5-6-18-27)28-24-9-3-1-7-21(24)15-16-22-8-2-4-10-25(22)28/h1-4,7-14H,5-6,15-19H2. The van der Waals surface area contributed by atoms with Crippen molar-refractivity contribution in [3.63, 3.8) is 0 Å². The molecule has 1 saturated heterocycles. The molecule has 0 spiro atoms. The molecule has 146 valence electrons. The first-order valence-electron chi connectivity index (χ1n) is 10.6. The Morgan fingerprint density at radius 2 is 1.28 bits per heavy atom. The largest absolute Gasteiger partial charge is 0.299 e. The van der Waals surface area contributed by atoms with Gasteiger partial charge in [0.05, 0.1) is 11.4 Å². The summed E-state index contributed by atoms with van der Waals surface area (Å²) >= 11 is 0. The predicted molar refractivity (Wildman–Crippen MR) is 118 cm³/mol. The lowest BCUT2D eigenvalue weighted by molar-refractivity contribution is 0.0999. The van der Waals surface area contributed by atoms with Gasteiger partial charge in [-0.05, 0) is 79.7 Å². The fourth-order valence-corrected chi connectivity index (χ4v) is 4.58. The molecule has 3 aromatic rings. The number of benzene rings is 3. The van der Waals surface area contributed by atoms with Crippen molar-refractivity contribution in [2.24, 2.45) is 0 Å². The van der Waals surface area contributed by atoms with Gasteiger partial charge in [0, 0.05) is 12.1 Å². The number of rotatable bonds is 3. The number of fused-ring (bicyclic) bond motifs is 2. The zero-order chi connectivity index (χ0) is 19.6. The van der Waals surface area contributed by atoms with Crippen molar-refractivity contribution >= 4 is 17.3 Å². The Bertz CT molecular complexity index is 971. The average Bonchev–Trinajstić information content (AvgIpc) is 3.21. The second kappa shape index (κ2) is 7.84. The van der Waals surface area contributed by atoms with E-state index in [4.69, 9.17) is 0 Å². The molecule has 3 nitrogen and oxygen atoms in total. The lowest BCUT2D eigenvalue weighted by atomic mass is 10.0. The van der Waals surface area contributed by atoms with E-state index in [2.05, 4.69) is 53.4 Å². The van der Waals surface area contributed by atoms with E-state index in [0.29, 0.717) is 0 Å². The van der Waals surface area contributed by atoms with Gasteiger partial charge in [-0.15, -0.1) is 0 Å². The van der Waals surface area contributed by atoms with Crippen LogP contribution in [0.5, 0.6) is 0 Å². The van der Waals surface area contributed by atoms with Gasteiger partial charge in [0.1, 0.15) is 0 Å². The Kier molecular flexibility index (Phi) is 4.91. The Labute approximate surface area is 172 Å². The molecule has 5 rings (SSSR count). The third kappa shape index (κ3) is 3.58. The van der Waals surface area contributed by atoms with E-state index in [1.165, 1.54) is 42.6 Å². The van der Waals surface area contributed by atoms with Crippen molar-refractivity contribution < 1.29 is 4.79 Å². The minimum absolute atomic E-state index is 0.0412. The molecule has 0 unspecified atom stereocenters. The normalized spacial score (nSPS) is 16.2. The Hall–Kier alpha value is -2.91. The molecule has 3 aromatic carbocycles. The maximum absolute atomic E-state index is 13.6. The van der Waals surface area contributed by atoms with E-state index in [1.807, 2.05) is 29.2 Å². The Balaban J connectivity index is 1.49. The number of aryl methyl sites for hydroxylation is 2. The molecule has 0 aliphatic carbocycles. The fourth-order valence-electron chi connectivity index (χ4n) is 4.58. The van der Waals surface area contributed by atoms with Crippen LogP contribution in [-0.4, -0.2) is 23.9 Å². The highest BCUT2D eigenvalue weighted by molar-refractivity contribution is 6.12. The smallest absolute Gasteiger partial charge is 0.262 e. The van der Waals surface area contributed by atoms with Gasteiger partial charge in [0.25, 0.3) is 5.91 Å². The minimum atomic E-state index is 0.0412. The first-order valence-corrected chi connectivity index (χ1v) is 10.6. The lowest BCUT2D eigenvalue weighted by Gasteiger charge is -2.25. The molecule has 1 fully saturated rings. The van der Waals surface area contributed by atoms with Gasteiger partial charge in [-0.1, -0.05) is 48.5 Å². The maximum Gasteiger partial charge on any atom is 0.262 e. The summed E-state index contributed by atoms with van der Waals surface area (Å²) in [6.45, 7) is 3.34. The van der Waals surface area contributed by atoms with Crippen molar-refractivity contribution in [1.82, 2.24) is 4.90 Å². The summed E-state index contributed by atoms with van der Waals surface area (Å²) in [6.07, 6.45) is 4.49. The number of para-hydroxylation sites is 2. The summed E-state index contributed by atoms with van der Waals surface area (Å²) in [5.74, 6) is 0.0412. The molecule has 1 amide bonds. The Morgan fingerprint density at radius 3 is 1.86 bits per heavy atom. The lowest BCUT2D eigenvalue weighted by Crippen LogP contribution is -2.27. The maximum atomic E-state index is 13.6. The number of carbonyl (C=O) groups is 1. The predicted octanol–water partition coefficient (Wildman–Crippen LogP) is 5.36. The molecule has 0 radical (unpaired) electrons. The van der Waals surface area contributed by atoms with Crippen LogP contribution in [0.2, 0.25) is 0 Å². The van der Waals surface area contributed by atoms with Crippen LogP contribution >= 0.6 is 0 Å². The van der Waals surface area contributed by atoms with Crippen molar-refractivity contribution in [2.45, 2.75) is 32.2 Å². The monoisotopic (exact) mass is 382 g/mol. The van der Waals surface area contributed by atoms with Crippen LogP contribution in [0, 0.1) is 0 Å². The van der Waals surface area contributed by atoms with Crippen LogP contribution in [0.25, 0.3) is 0 Å². The summed E-state index contributed by atoms with van der Waals surface area (Å²) in [5, 5.41) is 0. The van der Waals surface area contributed by atoms with E-state index < -0.39 is 0 Å². The number of nitrogens with zero attached hydrogens (tertiary/aromatic N) is 2. The van der Waals surface area contributed by atoms with E-state index in [0.717, 1.165) is 36.3 Å². The van der Waals surface area contributed by atoms with Crippen molar-refractivity contribution in [3.8, 4) is 0 Å². The summed E-state index contributed by atoms with van der Waals surface area (Å²) in [7, 11) is 0. The second-order valence-corrected chi connectivity index (χ2v) is 8.08. The number of carbonyl (C=O) groups excluding carboxylic acids is 1. The van der Waals surface area contributed by atoms with Crippen LogP contribution in [0.1, 0.15) is 39.9 Å². The zero-order valence-corrected chi connectivity index (χ0v) is 16.7. The third-order valence-corrected chi connectivity index (χ3v) is 6.14. The number of amides is 1. The first kappa shape index (κ1) is 18.1. The van der Waals surface area contributed by atoms with Gasteiger partial charge in [-0.2, -0.15) is 0 Å². The summed E-state index contributed by atoms with van der Waals surface area (Å²) in [5.41, 5.74) is 6.47. The van der Waals surface area contributed by atoms with Crippen molar-refractivity contribution in [2.75, 3.05) is 18.0 Å². The van der Waals surface area contributed by atoms with Crippen molar-refractivity contribution in [1.29, 1.82) is 0 Å². The average molecular weight is 383 g/mol. The minimum Gasteiger partial charge on any atom is -0.299 e. The van der Waals surface area contributed by atoms with E-state index in [1.54, 1.807) is 0 Å². The van der Waals surface area contributed by atoms with Crippen LogP contribution in [-0.2, 0) is 19.4 Å². The molecular formula is C26H26N2O. The molecule has 0 N–H and O–H groups in total. The van der Waals surface area contributed by atoms with Crippen molar-refractivity contribution in [3.05, 3.63) is 95.1 Å². The molecule has 3 heteroatoms. The molecule has 0 bridgehead atoms. The molecular weight excluding hydrogens is 356 g/mol. The molecule has 2 aliphatic rings. The first-order chi connectivity index (χ1) is 14.3. The van der Waals surface area contributed by atoms with Crippen LogP contribution in [0.4, 0.5) is 11.4 Å². The van der Waals surface area contributed by atoms with Gasteiger partial charge < -0.3 is 0 Å². The molecule has 0 atom stereocenters. The molecule has 29 heavy (non-hydrogen) atoms. The molecule has 2 aliphatic heterocycles. The number of hydrogen-bond acceptors (Lipinski definition) is 2. The summed E-state index contributed by atoms with van der Waals surface area (Å²) in [6, 6.07) is 24.8. The van der Waals surface area contributed by atoms with Gasteiger partial charge in [0.2, 0.25) is 0 Å². The van der Waals surface area contributed by atoms with E-state index in [9.17, 15) is 4.79 Å². The highest BCUT2D eigenvalue weighted by Crippen LogP contribution is 2.37. The van der Waals surface area contributed by atoms with E-state index in [-0.39, 0.29) is 5.91 Å².